The molecule has 1 aliphatic heterocycles. The third-order valence-corrected chi connectivity index (χ3v) is 3.38. The molecule has 4 heteroatoms. The van der Waals surface area contributed by atoms with Crippen LogP contribution in [0.1, 0.15) is 31.7 Å². The Kier molecular flexibility index (Phi) is 5.21. The van der Waals surface area contributed by atoms with Gasteiger partial charge in [-0.15, -0.1) is 0 Å². The van der Waals surface area contributed by atoms with Gasteiger partial charge in [-0.2, -0.15) is 0 Å². The molecule has 1 unspecified atom stereocenters. The van der Waals surface area contributed by atoms with E-state index >= 15 is 0 Å². The number of carbonyl (C=O) groups is 1. The van der Waals surface area contributed by atoms with Gasteiger partial charge < -0.3 is 4.74 Å². The predicted molar refractivity (Wildman–Crippen MR) is 74.6 cm³/mol. The molecule has 1 aromatic rings. The molecule has 1 aliphatic rings. The zero-order valence-electron chi connectivity index (χ0n) is 11.5. The fraction of sp³-hybridized carbons (Fsp3) is 0.533. The summed E-state index contributed by atoms with van der Waals surface area (Å²) in [5, 5.41) is 3.34. The second kappa shape index (κ2) is 7.14. The lowest BCUT2D eigenvalue weighted by molar-refractivity contribution is 0.0599. The molecule has 1 fully saturated rings. The van der Waals surface area contributed by atoms with Crippen LogP contribution in [-0.2, 0) is 11.3 Å². The second-order valence-corrected chi connectivity index (χ2v) is 4.80. The highest BCUT2D eigenvalue weighted by atomic mass is 16.6. The predicted octanol–water partition coefficient (Wildman–Crippen LogP) is 2.74. The summed E-state index contributed by atoms with van der Waals surface area (Å²) in [5.41, 5.74) is 1.02. The maximum absolute atomic E-state index is 12.1. The molecule has 1 N–H and O–H groups in total. The van der Waals surface area contributed by atoms with Crippen molar-refractivity contribution >= 4 is 6.09 Å². The number of hydrogen-bond acceptors (Lipinski definition) is 3. The van der Waals surface area contributed by atoms with Gasteiger partial charge in [-0.25, -0.2) is 4.79 Å². The third-order valence-electron chi connectivity index (χ3n) is 3.38. The van der Waals surface area contributed by atoms with Crippen molar-refractivity contribution in [1.29, 1.82) is 0 Å². The van der Waals surface area contributed by atoms with Crippen LogP contribution in [0.3, 0.4) is 0 Å². The fourth-order valence-electron chi connectivity index (χ4n) is 2.40. The second-order valence-electron chi connectivity index (χ2n) is 4.80. The van der Waals surface area contributed by atoms with Crippen molar-refractivity contribution in [1.82, 2.24) is 10.2 Å². The first kappa shape index (κ1) is 13.9. The van der Waals surface area contributed by atoms with E-state index in [4.69, 9.17) is 4.74 Å². The summed E-state index contributed by atoms with van der Waals surface area (Å²) in [6.07, 6.45) is 3.15. The Labute approximate surface area is 114 Å². The molecule has 0 aromatic heterocycles. The van der Waals surface area contributed by atoms with Crippen molar-refractivity contribution in [2.45, 2.75) is 39.0 Å². The lowest BCUT2D eigenvalue weighted by Gasteiger charge is -2.35. The number of ether oxygens (including phenoxy) is 1. The standard InChI is InChI=1S/C15H22N2O2/c1-2-16-14-10-6-7-11-17(14)15(18)19-12-13-8-4-3-5-9-13/h3-5,8-9,14,16H,2,6-7,10-12H2,1H3. The molecule has 1 saturated heterocycles. The maximum atomic E-state index is 12.1. The van der Waals surface area contributed by atoms with Crippen LogP contribution in [0.4, 0.5) is 4.79 Å². The van der Waals surface area contributed by atoms with Crippen LogP contribution in [0.15, 0.2) is 30.3 Å². The summed E-state index contributed by atoms with van der Waals surface area (Å²) in [5.74, 6) is 0. The van der Waals surface area contributed by atoms with E-state index < -0.39 is 0 Å². The Morgan fingerprint density at radius 1 is 1.37 bits per heavy atom. The number of amides is 1. The van der Waals surface area contributed by atoms with Crippen LogP contribution in [-0.4, -0.2) is 30.2 Å². The molecular weight excluding hydrogens is 240 g/mol. The van der Waals surface area contributed by atoms with Crippen molar-refractivity contribution in [2.24, 2.45) is 0 Å². The molecule has 2 rings (SSSR count). The van der Waals surface area contributed by atoms with Gasteiger partial charge in [0.05, 0.1) is 6.17 Å². The monoisotopic (exact) mass is 262 g/mol. The maximum Gasteiger partial charge on any atom is 0.411 e. The minimum atomic E-state index is -0.213. The number of nitrogens with one attached hydrogen (secondary N) is 1. The number of rotatable bonds is 4. The summed E-state index contributed by atoms with van der Waals surface area (Å²) in [6, 6.07) is 9.78. The first-order valence-electron chi connectivity index (χ1n) is 7.02. The Morgan fingerprint density at radius 2 is 2.16 bits per heavy atom. The number of benzene rings is 1. The summed E-state index contributed by atoms with van der Waals surface area (Å²) in [6.45, 7) is 4.05. The fourth-order valence-corrected chi connectivity index (χ4v) is 2.40. The average molecular weight is 262 g/mol. The highest BCUT2D eigenvalue weighted by molar-refractivity contribution is 5.68. The van der Waals surface area contributed by atoms with Gasteiger partial charge in [-0.1, -0.05) is 37.3 Å². The van der Waals surface area contributed by atoms with E-state index in [-0.39, 0.29) is 12.3 Å². The highest BCUT2D eigenvalue weighted by Crippen LogP contribution is 2.16. The van der Waals surface area contributed by atoms with Crippen LogP contribution in [0.2, 0.25) is 0 Å². The topological polar surface area (TPSA) is 41.6 Å². The van der Waals surface area contributed by atoms with Gasteiger partial charge in [0, 0.05) is 6.54 Å². The molecule has 0 saturated carbocycles. The molecule has 0 bridgehead atoms. The Hall–Kier alpha value is -1.55. The molecule has 104 valence electrons. The average Bonchev–Trinajstić information content (AvgIpc) is 2.47. The number of carbonyl (C=O) groups excluding carboxylic acids is 1. The molecule has 0 radical (unpaired) electrons. The van der Waals surface area contributed by atoms with Crippen LogP contribution in [0, 0.1) is 0 Å². The quantitative estimate of drug-likeness (QED) is 0.907. The number of likely N-dealkylation sites (tertiary alicyclic amines) is 1. The van der Waals surface area contributed by atoms with Gasteiger partial charge in [0.2, 0.25) is 0 Å². The molecule has 1 atom stereocenters. The van der Waals surface area contributed by atoms with Crippen LogP contribution >= 0.6 is 0 Å². The van der Waals surface area contributed by atoms with Gasteiger partial charge in [-0.05, 0) is 31.4 Å². The molecule has 1 aromatic carbocycles. The first-order valence-corrected chi connectivity index (χ1v) is 7.02. The van der Waals surface area contributed by atoms with Crippen molar-refractivity contribution < 1.29 is 9.53 Å². The number of nitrogens with zero attached hydrogens (tertiary/aromatic N) is 1. The Bertz CT molecular complexity index is 392. The van der Waals surface area contributed by atoms with Crippen molar-refractivity contribution in [3.05, 3.63) is 35.9 Å². The summed E-state index contributed by atoms with van der Waals surface area (Å²) < 4.78 is 5.39. The molecule has 19 heavy (non-hydrogen) atoms. The Balaban J connectivity index is 1.87. The molecular formula is C15H22N2O2. The molecule has 4 nitrogen and oxygen atoms in total. The molecule has 0 aliphatic carbocycles. The van der Waals surface area contributed by atoms with E-state index in [1.807, 2.05) is 35.2 Å². The van der Waals surface area contributed by atoms with Crippen molar-refractivity contribution in [2.75, 3.05) is 13.1 Å². The smallest absolute Gasteiger partial charge is 0.411 e. The highest BCUT2D eigenvalue weighted by Gasteiger charge is 2.26. The summed E-state index contributed by atoms with van der Waals surface area (Å²) >= 11 is 0. The zero-order valence-corrected chi connectivity index (χ0v) is 11.5. The summed E-state index contributed by atoms with van der Waals surface area (Å²) in [7, 11) is 0. The van der Waals surface area contributed by atoms with Gasteiger partial charge in [-0.3, -0.25) is 10.2 Å². The van der Waals surface area contributed by atoms with Crippen molar-refractivity contribution in [3.8, 4) is 0 Å². The van der Waals surface area contributed by atoms with Gasteiger partial charge in [0.25, 0.3) is 0 Å². The summed E-state index contributed by atoms with van der Waals surface area (Å²) in [4.78, 5) is 13.9. The van der Waals surface area contributed by atoms with Gasteiger partial charge in [0.1, 0.15) is 6.61 Å². The van der Waals surface area contributed by atoms with E-state index in [0.29, 0.717) is 6.61 Å². The normalized spacial score (nSPS) is 19.2. The van der Waals surface area contributed by atoms with Gasteiger partial charge >= 0.3 is 6.09 Å². The van der Waals surface area contributed by atoms with E-state index in [1.54, 1.807) is 0 Å². The van der Waals surface area contributed by atoms with Crippen LogP contribution < -0.4 is 5.32 Å². The number of piperidine rings is 1. The van der Waals surface area contributed by atoms with Crippen molar-refractivity contribution in [3.63, 3.8) is 0 Å². The minimum Gasteiger partial charge on any atom is -0.445 e. The van der Waals surface area contributed by atoms with Crippen LogP contribution in [0.5, 0.6) is 0 Å². The Morgan fingerprint density at radius 3 is 2.89 bits per heavy atom. The van der Waals surface area contributed by atoms with E-state index in [9.17, 15) is 4.79 Å². The lowest BCUT2D eigenvalue weighted by Crippen LogP contribution is -2.51. The van der Waals surface area contributed by atoms with E-state index in [0.717, 1.165) is 31.5 Å². The number of hydrogen-bond donors (Lipinski definition) is 1. The molecule has 0 spiro atoms. The van der Waals surface area contributed by atoms with E-state index in [1.165, 1.54) is 6.42 Å². The zero-order chi connectivity index (χ0) is 13.5. The largest absolute Gasteiger partial charge is 0.445 e. The molecule has 1 heterocycles. The van der Waals surface area contributed by atoms with E-state index in [2.05, 4.69) is 12.2 Å². The first-order chi connectivity index (χ1) is 9.31. The van der Waals surface area contributed by atoms with Gasteiger partial charge in [0.15, 0.2) is 0 Å². The lowest BCUT2D eigenvalue weighted by atomic mass is 10.1. The minimum absolute atomic E-state index is 0.127. The third kappa shape index (κ3) is 3.96. The molecule has 1 amide bonds. The SMILES string of the molecule is CCNC1CCCCN1C(=O)OCc1ccccc1. The van der Waals surface area contributed by atoms with Crippen LogP contribution in [0.25, 0.3) is 0 Å².